The summed E-state index contributed by atoms with van der Waals surface area (Å²) in [6.45, 7) is 0.529. The van der Waals surface area contributed by atoms with Crippen molar-refractivity contribution >= 4 is 50.4 Å². The normalized spacial score (nSPS) is 11.6. The Kier molecular flexibility index (Phi) is 7.83. The molecule has 6 aromatic carbocycles. The van der Waals surface area contributed by atoms with E-state index in [-0.39, 0.29) is 26.4 Å². The summed E-state index contributed by atoms with van der Waals surface area (Å²) < 4.78 is 11.4. The van der Waals surface area contributed by atoms with Gasteiger partial charge in [0, 0.05) is 0 Å². The van der Waals surface area contributed by atoms with Crippen molar-refractivity contribution in [2.24, 2.45) is 0 Å². The molecule has 0 aromatic heterocycles. The van der Waals surface area contributed by atoms with E-state index in [0.29, 0.717) is 0 Å². The number of ether oxygens (including phenoxy) is 2. The molecule has 0 unspecified atom stereocenters. The lowest BCUT2D eigenvalue weighted by molar-refractivity contribution is 0.201. The molecular weight excluding hydrogens is 524 g/mol. The van der Waals surface area contributed by atoms with Gasteiger partial charge in [0.1, 0.15) is 24.7 Å². The van der Waals surface area contributed by atoms with Gasteiger partial charge in [-0.05, 0) is 66.6 Å². The van der Waals surface area contributed by atoms with Gasteiger partial charge >= 0.3 is 0 Å². The van der Waals surface area contributed by atoms with Crippen molar-refractivity contribution in [2.45, 2.75) is 0 Å². The minimum absolute atomic E-state index is 0.0119. The molecule has 0 fully saturated rings. The molecule has 0 aliphatic rings. The van der Waals surface area contributed by atoms with Crippen LogP contribution in [0, 0.1) is 0 Å². The van der Waals surface area contributed by atoms with Crippen LogP contribution >= 0.6 is 0 Å². The fourth-order valence-electron chi connectivity index (χ4n) is 5.80. The molecule has 6 rings (SSSR count). The first-order valence-corrected chi connectivity index (χ1v) is 15.9. The van der Waals surface area contributed by atoms with Crippen molar-refractivity contribution in [3.63, 3.8) is 0 Å². The zero-order valence-electron chi connectivity index (χ0n) is 22.7. The van der Waals surface area contributed by atoms with Gasteiger partial charge in [-0.25, -0.2) is 0 Å². The van der Waals surface area contributed by atoms with Crippen LogP contribution in [0.15, 0.2) is 133 Å². The fraction of sp³-hybridized carbons (Fsp3) is 0.111. The molecule has 0 saturated carbocycles. The Morgan fingerprint density at radius 3 is 1.22 bits per heavy atom. The molecule has 0 heterocycles. The van der Waals surface area contributed by atoms with E-state index in [4.69, 9.17) is 19.7 Å². The van der Waals surface area contributed by atoms with Crippen LogP contribution in [0.3, 0.4) is 0 Å². The van der Waals surface area contributed by atoms with Crippen LogP contribution in [0.2, 0.25) is 0 Å². The molecule has 4 nitrogen and oxygen atoms in total. The van der Waals surface area contributed by atoms with E-state index in [1.165, 1.54) is 20.7 Å². The van der Waals surface area contributed by atoms with Gasteiger partial charge in [-0.2, -0.15) is 0 Å². The van der Waals surface area contributed by atoms with Crippen molar-refractivity contribution in [1.82, 2.24) is 0 Å². The number of hydrogen-bond donors (Lipinski definition) is 2. The molecule has 0 aliphatic heterocycles. The number of benzene rings is 6. The highest BCUT2D eigenvalue weighted by Crippen LogP contribution is 2.24. The summed E-state index contributed by atoms with van der Waals surface area (Å²) in [6.07, 6.45) is 0. The van der Waals surface area contributed by atoms with Gasteiger partial charge in [0.2, 0.25) is 0 Å². The summed E-state index contributed by atoms with van der Waals surface area (Å²) in [7, 11) is -2.73. The third-order valence-corrected chi connectivity index (χ3v) is 12.4. The molecule has 2 N–H and O–H groups in total. The van der Waals surface area contributed by atoms with Gasteiger partial charge in [0.25, 0.3) is 0 Å². The van der Waals surface area contributed by atoms with Gasteiger partial charge in [0.15, 0.2) is 8.07 Å². The van der Waals surface area contributed by atoms with Gasteiger partial charge in [-0.15, -0.1) is 0 Å². The molecule has 6 aromatic rings. The molecular formula is C36H32O4Si. The van der Waals surface area contributed by atoms with Crippen LogP contribution < -0.4 is 30.2 Å². The molecule has 0 saturated heterocycles. The van der Waals surface area contributed by atoms with E-state index in [1.807, 2.05) is 24.3 Å². The Hall–Kier alpha value is -4.42. The third kappa shape index (κ3) is 5.23. The van der Waals surface area contributed by atoms with Crippen LogP contribution in [-0.2, 0) is 0 Å². The number of fused-ring (bicyclic) bond motifs is 2. The van der Waals surface area contributed by atoms with Gasteiger partial charge in [-0.1, -0.05) is 109 Å². The van der Waals surface area contributed by atoms with Crippen molar-refractivity contribution in [1.29, 1.82) is 0 Å². The first kappa shape index (κ1) is 26.8. The molecule has 204 valence electrons. The highest BCUT2D eigenvalue weighted by atomic mass is 28.3. The number of aliphatic hydroxyl groups excluding tert-OH is 2. The maximum atomic E-state index is 9.17. The first-order valence-electron chi connectivity index (χ1n) is 13.9. The Morgan fingerprint density at radius 1 is 0.415 bits per heavy atom. The predicted octanol–water partition coefficient (Wildman–Crippen LogP) is 4.11. The van der Waals surface area contributed by atoms with Crippen LogP contribution in [0.5, 0.6) is 11.5 Å². The topological polar surface area (TPSA) is 58.9 Å². The van der Waals surface area contributed by atoms with Crippen molar-refractivity contribution in [2.75, 3.05) is 26.4 Å². The molecule has 0 bridgehead atoms. The minimum Gasteiger partial charge on any atom is -0.491 e. The number of aliphatic hydroxyl groups is 2. The lowest BCUT2D eigenvalue weighted by Crippen LogP contribution is -2.74. The Balaban J connectivity index is 1.59. The van der Waals surface area contributed by atoms with E-state index in [9.17, 15) is 0 Å². The second-order valence-corrected chi connectivity index (χ2v) is 13.9. The fourth-order valence-corrected chi connectivity index (χ4v) is 10.6. The van der Waals surface area contributed by atoms with E-state index in [0.717, 1.165) is 33.0 Å². The van der Waals surface area contributed by atoms with Crippen LogP contribution in [0.25, 0.3) is 21.5 Å². The van der Waals surface area contributed by atoms with Crippen LogP contribution in [-0.4, -0.2) is 44.7 Å². The first-order chi connectivity index (χ1) is 20.2. The predicted molar refractivity (Wildman–Crippen MR) is 170 cm³/mol. The Labute approximate surface area is 241 Å². The highest BCUT2D eigenvalue weighted by Gasteiger charge is 2.41. The monoisotopic (exact) mass is 556 g/mol. The van der Waals surface area contributed by atoms with Crippen LogP contribution in [0.1, 0.15) is 0 Å². The molecule has 0 amide bonds. The van der Waals surface area contributed by atoms with E-state index in [1.54, 1.807) is 0 Å². The van der Waals surface area contributed by atoms with Crippen molar-refractivity contribution < 1.29 is 19.7 Å². The minimum atomic E-state index is -2.73. The van der Waals surface area contributed by atoms with Crippen molar-refractivity contribution in [3.05, 3.63) is 133 Å². The van der Waals surface area contributed by atoms with E-state index in [2.05, 4.69) is 109 Å². The molecule has 0 radical (unpaired) electrons. The molecule has 5 heteroatoms. The number of hydrogen-bond acceptors (Lipinski definition) is 4. The smallest absolute Gasteiger partial charge is 0.179 e. The van der Waals surface area contributed by atoms with Gasteiger partial charge in [-0.3, -0.25) is 0 Å². The quantitative estimate of drug-likeness (QED) is 0.197. The second kappa shape index (κ2) is 12.0. The lowest BCUT2D eigenvalue weighted by atomic mass is 10.1. The zero-order chi connectivity index (χ0) is 28.1. The van der Waals surface area contributed by atoms with E-state index < -0.39 is 8.07 Å². The summed E-state index contributed by atoms with van der Waals surface area (Å²) in [4.78, 5) is 0. The Morgan fingerprint density at radius 2 is 0.805 bits per heavy atom. The summed E-state index contributed by atoms with van der Waals surface area (Å²) in [5, 5.41) is 28.1. The lowest BCUT2D eigenvalue weighted by Gasteiger charge is -2.35. The van der Waals surface area contributed by atoms with Gasteiger partial charge < -0.3 is 19.7 Å². The highest BCUT2D eigenvalue weighted by molar-refractivity contribution is 7.20. The maximum Gasteiger partial charge on any atom is 0.179 e. The van der Waals surface area contributed by atoms with Crippen LogP contribution in [0.4, 0.5) is 0 Å². The second-order valence-electron chi connectivity index (χ2n) is 10.1. The largest absolute Gasteiger partial charge is 0.491 e. The Bertz CT molecular complexity index is 1640. The van der Waals surface area contributed by atoms with Gasteiger partial charge in [0.05, 0.1) is 13.2 Å². The molecule has 0 spiro atoms. The molecule has 0 atom stereocenters. The average Bonchev–Trinajstić information content (AvgIpc) is 3.04. The third-order valence-electron chi connectivity index (χ3n) is 7.62. The summed E-state index contributed by atoms with van der Waals surface area (Å²) >= 11 is 0. The SMILES string of the molecule is OCCOc1ccc2cc([Si](c3ccccc3)(c3ccccc3)c3ccc4cc(OCCO)ccc4c3)ccc2c1. The average molecular weight is 557 g/mol. The summed E-state index contributed by atoms with van der Waals surface area (Å²) in [5.41, 5.74) is 0. The molecule has 41 heavy (non-hydrogen) atoms. The standard InChI is InChI=1S/C36H32O4Si/c37-19-21-39-31-15-11-29-25-35(17-13-27(29)23-31)41(33-7-3-1-4-8-33,34-9-5-2-6-10-34)36-18-14-28-24-32(40-22-20-38)16-12-30(28)26-36/h1-18,23-26,37-38H,19-22H2. The zero-order valence-corrected chi connectivity index (χ0v) is 23.7. The maximum absolute atomic E-state index is 9.17. The van der Waals surface area contributed by atoms with E-state index >= 15 is 0 Å². The molecule has 0 aliphatic carbocycles. The summed E-state index contributed by atoms with van der Waals surface area (Å²) in [6, 6.07) is 47.6. The summed E-state index contributed by atoms with van der Waals surface area (Å²) in [5.74, 6) is 1.51. The van der Waals surface area contributed by atoms with Crippen molar-refractivity contribution in [3.8, 4) is 11.5 Å². The number of rotatable bonds is 10.